The van der Waals surface area contributed by atoms with Crippen LogP contribution in [0.3, 0.4) is 0 Å². The second kappa shape index (κ2) is 3.43. The van der Waals surface area contributed by atoms with E-state index in [0.717, 1.165) is 5.88 Å². The van der Waals surface area contributed by atoms with Gasteiger partial charge in [-0.05, 0) is 24.7 Å². The predicted octanol–water partition coefficient (Wildman–Crippen LogP) is 1.63. The molecular formula is C7H13ClO. The van der Waals surface area contributed by atoms with Crippen LogP contribution in [0.25, 0.3) is 0 Å². The van der Waals surface area contributed by atoms with Crippen LogP contribution in [0.15, 0.2) is 0 Å². The molecule has 2 heteroatoms. The molecule has 0 heterocycles. The van der Waals surface area contributed by atoms with Crippen molar-refractivity contribution in [2.24, 2.45) is 11.8 Å². The molecule has 9 heavy (non-hydrogen) atoms. The number of halogens is 1. The Balaban J connectivity index is 2.32. The Morgan fingerprint density at radius 1 is 1.33 bits per heavy atom. The summed E-state index contributed by atoms with van der Waals surface area (Å²) >= 11 is 5.67. The zero-order valence-electron chi connectivity index (χ0n) is 5.52. The molecule has 1 nitrogen and oxygen atoms in total. The van der Waals surface area contributed by atoms with Gasteiger partial charge in [0.05, 0.1) is 0 Å². The molecule has 1 aliphatic carbocycles. The SMILES string of the molecule is OCC1CCCC1CCl. The Morgan fingerprint density at radius 2 is 2.00 bits per heavy atom. The molecule has 0 amide bonds. The maximum atomic E-state index is 8.81. The lowest BCUT2D eigenvalue weighted by Crippen LogP contribution is -2.12. The molecule has 2 atom stereocenters. The average Bonchev–Trinajstić information content (AvgIpc) is 2.33. The van der Waals surface area contributed by atoms with Gasteiger partial charge in [0, 0.05) is 12.5 Å². The predicted molar refractivity (Wildman–Crippen MR) is 38.6 cm³/mol. The zero-order chi connectivity index (χ0) is 6.69. The Hall–Kier alpha value is 0.250. The number of aliphatic hydroxyl groups excluding tert-OH is 1. The molecule has 0 saturated heterocycles. The first-order chi connectivity index (χ1) is 4.38. The van der Waals surface area contributed by atoms with Gasteiger partial charge in [-0.3, -0.25) is 0 Å². The second-order valence-corrected chi connectivity index (χ2v) is 3.10. The molecule has 0 radical (unpaired) electrons. The van der Waals surface area contributed by atoms with Crippen molar-refractivity contribution in [1.82, 2.24) is 0 Å². The van der Waals surface area contributed by atoms with Crippen molar-refractivity contribution < 1.29 is 5.11 Å². The van der Waals surface area contributed by atoms with Crippen LogP contribution in [-0.2, 0) is 0 Å². The third-order valence-corrected chi connectivity index (χ3v) is 2.65. The van der Waals surface area contributed by atoms with E-state index in [1.807, 2.05) is 0 Å². The molecule has 0 aromatic heterocycles. The summed E-state index contributed by atoms with van der Waals surface area (Å²) in [6.07, 6.45) is 3.64. The van der Waals surface area contributed by atoms with Gasteiger partial charge >= 0.3 is 0 Å². The summed E-state index contributed by atoms with van der Waals surface area (Å²) in [6.45, 7) is 0.331. The normalized spacial score (nSPS) is 35.3. The van der Waals surface area contributed by atoms with Crippen LogP contribution in [-0.4, -0.2) is 17.6 Å². The third-order valence-electron chi connectivity index (χ3n) is 2.25. The quantitative estimate of drug-likeness (QED) is 0.591. The third kappa shape index (κ3) is 1.59. The number of rotatable bonds is 2. The molecule has 1 rings (SSSR count). The van der Waals surface area contributed by atoms with Gasteiger partial charge < -0.3 is 5.11 Å². The largest absolute Gasteiger partial charge is 0.396 e. The van der Waals surface area contributed by atoms with Gasteiger partial charge in [-0.25, -0.2) is 0 Å². The first-order valence-corrected chi connectivity index (χ1v) is 4.08. The minimum atomic E-state index is 0.331. The molecule has 1 saturated carbocycles. The van der Waals surface area contributed by atoms with Crippen LogP contribution in [0.2, 0.25) is 0 Å². The van der Waals surface area contributed by atoms with Crippen molar-refractivity contribution in [3.05, 3.63) is 0 Å². The summed E-state index contributed by atoms with van der Waals surface area (Å²) < 4.78 is 0. The molecule has 0 aromatic carbocycles. The van der Waals surface area contributed by atoms with E-state index < -0.39 is 0 Å². The van der Waals surface area contributed by atoms with Gasteiger partial charge in [0.15, 0.2) is 0 Å². The fourth-order valence-corrected chi connectivity index (χ4v) is 1.96. The molecule has 0 aromatic rings. The van der Waals surface area contributed by atoms with Crippen molar-refractivity contribution in [2.75, 3.05) is 12.5 Å². The van der Waals surface area contributed by atoms with Crippen LogP contribution in [0, 0.1) is 11.8 Å². The molecular weight excluding hydrogens is 136 g/mol. The summed E-state index contributed by atoms with van der Waals surface area (Å²) in [5, 5.41) is 8.81. The Bertz CT molecular complexity index is 75.0. The fraction of sp³-hybridized carbons (Fsp3) is 1.00. The maximum absolute atomic E-state index is 8.81. The minimum absolute atomic E-state index is 0.331. The molecule has 1 aliphatic rings. The van der Waals surface area contributed by atoms with Gasteiger partial charge in [-0.1, -0.05) is 6.42 Å². The molecule has 1 fully saturated rings. The summed E-state index contributed by atoms with van der Waals surface area (Å²) in [5.41, 5.74) is 0. The molecule has 0 spiro atoms. The van der Waals surface area contributed by atoms with E-state index in [-0.39, 0.29) is 0 Å². The number of hydrogen-bond acceptors (Lipinski definition) is 1. The van der Waals surface area contributed by atoms with Gasteiger partial charge in [-0.15, -0.1) is 11.6 Å². The van der Waals surface area contributed by atoms with Gasteiger partial charge in [-0.2, -0.15) is 0 Å². The summed E-state index contributed by atoms with van der Waals surface area (Å²) in [7, 11) is 0. The molecule has 0 aliphatic heterocycles. The summed E-state index contributed by atoms with van der Waals surface area (Å²) in [6, 6.07) is 0. The standard InChI is InChI=1S/C7H13ClO/c8-4-6-2-1-3-7(6)5-9/h6-7,9H,1-5H2. The van der Waals surface area contributed by atoms with Crippen LogP contribution < -0.4 is 0 Å². The lowest BCUT2D eigenvalue weighted by molar-refractivity contribution is 0.202. The fourth-order valence-electron chi connectivity index (χ4n) is 1.56. The average molecular weight is 149 g/mol. The first-order valence-electron chi connectivity index (χ1n) is 3.55. The molecule has 1 N–H and O–H groups in total. The summed E-state index contributed by atoms with van der Waals surface area (Å²) in [5.74, 6) is 1.82. The lowest BCUT2D eigenvalue weighted by atomic mass is 9.99. The van der Waals surface area contributed by atoms with Gasteiger partial charge in [0.2, 0.25) is 0 Å². The Morgan fingerprint density at radius 3 is 2.44 bits per heavy atom. The van der Waals surface area contributed by atoms with Crippen LogP contribution in [0.5, 0.6) is 0 Å². The van der Waals surface area contributed by atoms with E-state index >= 15 is 0 Å². The van der Waals surface area contributed by atoms with E-state index in [1.165, 1.54) is 19.3 Å². The van der Waals surface area contributed by atoms with Crippen molar-refractivity contribution in [3.63, 3.8) is 0 Å². The van der Waals surface area contributed by atoms with Gasteiger partial charge in [0.1, 0.15) is 0 Å². The summed E-state index contributed by atoms with van der Waals surface area (Å²) in [4.78, 5) is 0. The topological polar surface area (TPSA) is 20.2 Å². The highest BCUT2D eigenvalue weighted by molar-refractivity contribution is 6.18. The van der Waals surface area contributed by atoms with E-state index in [4.69, 9.17) is 16.7 Å². The van der Waals surface area contributed by atoms with E-state index in [2.05, 4.69) is 0 Å². The van der Waals surface area contributed by atoms with Crippen molar-refractivity contribution >= 4 is 11.6 Å². The highest BCUT2D eigenvalue weighted by Gasteiger charge is 2.25. The van der Waals surface area contributed by atoms with Crippen molar-refractivity contribution in [3.8, 4) is 0 Å². The maximum Gasteiger partial charge on any atom is 0.0462 e. The van der Waals surface area contributed by atoms with E-state index in [0.29, 0.717) is 18.4 Å². The number of hydrogen-bond donors (Lipinski definition) is 1. The lowest BCUT2D eigenvalue weighted by Gasteiger charge is -2.12. The molecule has 2 unspecified atom stereocenters. The molecule has 54 valence electrons. The highest BCUT2D eigenvalue weighted by Crippen LogP contribution is 2.31. The molecule has 0 bridgehead atoms. The zero-order valence-corrected chi connectivity index (χ0v) is 6.27. The monoisotopic (exact) mass is 148 g/mol. The van der Waals surface area contributed by atoms with Crippen molar-refractivity contribution in [2.45, 2.75) is 19.3 Å². The number of aliphatic hydroxyl groups is 1. The first kappa shape index (κ1) is 7.36. The van der Waals surface area contributed by atoms with Crippen LogP contribution >= 0.6 is 11.6 Å². The Labute approximate surface area is 61.0 Å². The van der Waals surface area contributed by atoms with Crippen LogP contribution in [0.1, 0.15) is 19.3 Å². The second-order valence-electron chi connectivity index (χ2n) is 2.79. The smallest absolute Gasteiger partial charge is 0.0462 e. The van der Waals surface area contributed by atoms with Crippen molar-refractivity contribution in [1.29, 1.82) is 0 Å². The van der Waals surface area contributed by atoms with E-state index in [9.17, 15) is 0 Å². The highest BCUT2D eigenvalue weighted by atomic mass is 35.5. The van der Waals surface area contributed by atoms with E-state index in [1.54, 1.807) is 0 Å². The Kier molecular flexibility index (Phi) is 2.80. The minimum Gasteiger partial charge on any atom is -0.396 e. The van der Waals surface area contributed by atoms with Crippen LogP contribution in [0.4, 0.5) is 0 Å². The number of alkyl halides is 1. The van der Waals surface area contributed by atoms with Gasteiger partial charge in [0.25, 0.3) is 0 Å².